The van der Waals surface area contributed by atoms with Gasteiger partial charge in [0.2, 0.25) is 24.4 Å². The van der Waals surface area contributed by atoms with Crippen LogP contribution in [-0.2, 0) is 6.42 Å². The number of fused-ring (bicyclic) bond motifs is 2. The minimum atomic E-state index is -0.449. The maximum absolute atomic E-state index is 14.3. The Morgan fingerprint density at radius 2 is 2.13 bits per heavy atom. The van der Waals surface area contributed by atoms with Gasteiger partial charge >= 0.3 is 0 Å². The summed E-state index contributed by atoms with van der Waals surface area (Å²) >= 11 is 0. The number of anilines is 1. The van der Waals surface area contributed by atoms with Crippen LogP contribution >= 0.6 is 0 Å². The first kappa shape index (κ1) is 19.8. The van der Waals surface area contributed by atoms with Gasteiger partial charge in [0.05, 0.1) is 17.8 Å². The van der Waals surface area contributed by atoms with Gasteiger partial charge in [0, 0.05) is 19.2 Å². The van der Waals surface area contributed by atoms with Crippen molar-refractivity contribution in [3.8, 4) is 11.5 Å². The highest BCUT2D eigenvalue weighted by atomic mass is 19.1. The molecule has 0 bridgehead atoms. The zero-order valence-electron chi connectivity index (χ0n) is 16.1. The van der Waals surface area contributed by atoms with Crippen LogP contribution in [0.3, 0.4) is 0 Å². The molecule has 2 aliphatic rings. The molecule has 156 valence electrons. The van der Waals surface area contributed by atoms with Gasteiger partial charge in [-0.25, -0.2) is 4.39 Å². The van der Waals surface area contributed by atoms with Crippen molar-refractivity contribution >= 4 is 29.0 Å². The zero-order chi connectivity index (χ0) is 21.1. The average molecular weight is 413 g/mol. The first-order chi connectivity index (χ1) is 14.5. The zero-order valence-corrected chi connectivity index (χ0v) is 16.1. The molecule has 9 nitrogen and oxygen atoms in total. The van der Waals surface area contributed by atoms with E-state index in [9.17, 15) is 4.39 Å². The van der Waals surface area contributed by atoms with Gasteiger partial charge in [-0.2, -0.15) is 9.98 Å². The quantitative estimate of drug-likeness (QED) is 0.271. The van der Waals surface area contributed by atoms with Crippen LogP contribution in [0.1, 0.15) is 17.5 Å². The van der Waals surface area contributed by atoms with Gasteiger partial charge < -0.3 is 25.6 Å². The smallest absolute Gasteiger partial charge is 0.245 e. The monoisotopic (exact) mass is 413 g/mol. The largest absolute Gasteiger partial charge is 0.454 e. The Bertz CT molecular complexity index is 1050. The Morgan fingerprint density at radius 1 is 1.30 bits per heavy atom. The first-order valence-corrected chi connectivity index (χ1v) is 9.45. The van der Waals surface area contributed by atoms with Gasteiger partial charge in [0.1, 0.15) is 11.4 Å². The highest BCUT2D eigenvalue weighted by molar-refractivity contribution is 6.11. The number of halogens is 1. The van der Waals surface area contributed by atoms with Crippen molar-refractivity contribution < 1.29 is 24.3 Å². The molecule has 4 rings (SSSR count). The van der Waals surface area contributed by atoms with Crippen molar-refractivity contribution in [1.29, 1.82) is 5.41 Å². The van der Waals surface area contributed by atoms with Gasteiger partial charge in [0.15, 0.2) is 11.5 Å². The van der Waals surface area contributed by atoms with Crippen molar-refractivity contribution in [3.63, 3.8) is 0 Å². The lowest BCUT2D eigenvalue weighted by Gasteiger charge is -2.19. The summed E-state index contributed by atoms with van der Waals surface area (Å²) in [5.74, 6) is 1.63. The van der Waals surface area contributed by atoms with Crippen molar-refractivity contribution in [2.24, 2.45) is 15.7 Å². The fourth-order valence-corrected chi connectivity index (χ4v) is 3.38. The Labute approximate surface area is 171 Å². The number of amidine groups is 2. The van der Waals surface area contributed by atoms with Gasteiger partial charge in [0.25, 0.3) is 0 Å². The predicted octanol–water partition coefficient (Wildman–Crippen LogP) is 0.838. The summed E-state index contributed by atoms with van der Waals surface area (Å²) in [6.45, 7) is 0.663. The number of hydrogen-bond donors (Lipinski definition) is 5. The van der Waals surface area contributed by atoms with Crippen molar-refractivity contribution in [1.82, 2.24) is 0 Å². The molecule has 2 aromatic rings. The van der Waals surface area contributed by atoms with Crippen molar-refractivity contribution in [3.05, 3.63) is 47.3 Å². The molecule has 0 saturated heterocycles. The molecule has 0 fully saturated rings. The standard InChI is InChI=1S/C20H21FN6O3/c21-12-8-13(24-4-1-5-28)18-14(9-12)25-17(26-19(18)27-20(22)23)7-11-2-3-15-16(6-11)30-10-29-15/h2-3,6,8-9,24,28H,1,4-5,7,10H2,(H4,22,23,25,26,27)/p+1. The maximum Gasteiger partial charge on any atom is 0.245 e. The molecule has 30 heavy (non-hydrogen) atoms. The molecule has 2 aromatic carbocycles. The summed E-state index contributed by atoms with van der Waals surface area (Å²) in [4.78, 5) is 8.74. The van der Waals surface area contributed by atoms with Crippen LogP contribution < -0.4 is 25.8 Å². The fourth-order valence-electron chi connectivity index (χ4n) is 3.38. The minimum absolute atomic E-state index is 0.0167. The van der Waals surface area contributed by atoms with E-state index in [1.807, 2.05) is 18.2 Å². The van der Waals surface area contributed by atoms with Crippen LogP contribution in [0.5, 0.6) is 11.5 Å². The van der Waals surface area contributed by atoms with E-state index < -0.39 is 5.82 Å². The Morgan fingerprint density at radius 3 is 2.93 bits per heavy atom. The van der Waals surface area contributed by atoms with Crippen LogP contribution in [0.4, 0.5) is 15.8 Å². The number of aliphatic imine (C=N–C) groups is 2. The topological polar surface area (TPSA) is 142 Å². The Balaban J connectivity index is 1.70. The molecule has 10 heteroatoms. The summed E-state index contributed by atoms with van der Waals surface area (Å²) < 4.78 is 25.0. The third-order valence-corrected chi connectivity index (χ3v) is 4.62. The van der Waals surface area contributed by atoms with Crippen LogP contribution in [0, 0.1) is 11.2 Å². The Kier molecular flexibility index (Phi) is 5.59. The van der Waals surface area contributed by atoms with E-state index >= 15 is 0 Å². The van der Waals surface area contributed by atoms with Crippen molar-refractivity contribution in [2.75, 3.05) is 25.3 Å². The molecule has 0 amide bonds. The number of quaternary nitrogens is 1. The summed E-state index contributed by atoms with van der Waals surface area (Å²) in [6, 6.07) is 8.30. The highest BCUT2D eigenvalue weighted by Crippen LogP contribution is 2.33. The number of ether oxygens (including phenoxy) is 2. The number of hydrogen-bond acceptors (Lipinski definition) is 6. The van der Waals surface area contributed by atoms with Gasteiger partial charge in [-0.05, 0) is 30.2 Å². The number of benzene rings is 2. The molecule has 2 heterocycles. The number of aliphatic hydroxyl groups excluding tert-OH is 1. The first-order valence-electron chi connectivity index (χ1n) is 9.45. The third kappa shape index (κ3) is 4.24. The molecule has 2 aliphatic heterocycles. The SMILES string of the molecule is N=C(N)/N=C1\[NH2+]C(Cc2ccc3c(c2)OCO3)=Nc2cc(F)cc(NCCCO)c21. The second kappa shape index (κ2) is 8.47. The van der Waals surface area contributed by atoms with Crippen LogP contribution in [0.2, 0.25) is 0 Å². The number of aliphatic hydroxyl groups is 1. The van der Waals surface area contributed by atoms with Gasteiger partial charge in [-0.1, -0.05) is 6.07 Å². The van der Waals surface area contributed by atoms with E-state index in [4.69, 9.17) is 25.7 Å². The molecule has 0 spiro atoms. The Hall–Kier alpha value is -3.50. The summed E-state index contributed by atoms with van der Waals surface area (Å²) in [5, 5.41) is 21.4. The summed E-state index contributed by atoms with van der Waals surface area (Å²) in [5.41, 5.74) is 7.92. The number of nitrogens with two attached hydrogens (primary N) is 2. The predicted molar refractivity (Wildman–Crippen MR) is 110 cm³/mol. The number of nitrogens with zero attached hydrogens (tertiary/aromatic N) is 2. The molecular formula is C20H22FN6O3+. The molecule has 0 aromatic heterocycles. The number of guanidine groups is 1. The van der Waals surface area contributed by atoms with E-state index in [0.717, 1.165) is 5.56 Å². The molecule has 0 unspecified atom stereocenters. The lowest BCUT2D eigenvalue weighted by Crippen LogP contribution is -2.93. The van der Waals surface area contributed by atoms with E-state index in [0.29, 0.717) is 59.5 Å². The summed E-state index contributed by atoms with van der Waals surface area (Å²) in [6.07, 6.45) is 0.962. The van der Waals surface area contributed by atoms with E-state index in [2.05, 4.69) is 15.3 Å². The van der Waals surface area contributed by atoms with E-state index in [1.54, 1.807) is 5.32 Å². The summed E-state index contributed by atoms with van der Waals surface area (Å²) in [7, 11) is 0. The number of nitrogens with one attached hydrogen (secondary N) is 2. The number of rotatable bonds is 6. The molecule has 7 N–H and O–H groups in total. The average Bonchev–Trinajstić information content (AvgIpc) is 3.15. The third-order valence-electron chi connectivity index (χ3n) is 4.62. The van der Waals surface area contributed by atoms with E-state index in [1.165, 1.54) is 12.1 Å². The molecule has 0 saturated carbocycles. The van der Waals surface area contributed by atoms with Gasteiger partial charge in [-0.15, -0.1) is 0 Å². The van der Waals surface area contributed by atoms with Crippen LogP contribution in [0.15, 0.2) is 40.3 Å². The highest BCUT2D eigenvalue weighted by Gasteiger charge is 2.28. The van der Waals surface area contributed by atoms with Gasteiger partial charge in [-0.3, -0.25) is 10.7 Å². The molecular weight excluding hydrogens is 391 g/mol. The lowest BCUT2D eigenvalue weighted by atomic mass is 10.0. The lowest BCUT2D eigenvalue weighted by molar-refractivity contribution is -0.409. The molecule has 0 aliphatic carbocycles. The fraction of sp³-hybridized carbons (Fsp3) is 0.250. The molecule has 0 atom stereocenters. The molecule has 0 radical (unpaired) electrons. The van der Waals surface area contributed by atoms with Crippen molar-refractivity contribution in [2.45, 2.75) is 12.8 Å². The second-order valence-corrected chi connectivity index (χ2v) is 6.85. The second-order valence-electron chi connectivity index (χ2n) is 6.85. The van der Waals surface area contributed by atoms with E-state index in [-0.39, 0.29) is 19.4 Å². The van der Waals surface area contributed by atoms with Crippen LogP contribution in [0.25, 0.3) is 0 Å². The maximum atomic E-state index is 14.3. The normalized spacial score (nSPS) is 15.7. The minimum Gasteiger partial charge on any atom is -0.454 e. The van der Waals surface area contributed by atoms with Crippen LogP contribution in [-0.4, -0.2) is 42.7 Å².